The fraction of sp³-hybridized carbons (Fsp3) is 0.600. The van der Waals surface area contributed by atoms with Crippen molar-refractivity contribution in [2.75, 3.05) is 26.4 Å². The van der Waals surface area contributed by atoms with Crippen LogP contribution in [0.25, 0.3) is 0 Å². The third kappa shape index (κ3) is 8.23. The minimum absolute atomic E-state index is 0.265. The highest BCUT2D eigenvalue weighted by molar-refractivity contribution is 5.82. The third-order valence-electron chi connectivity index (χ3n) is 1.78. The molecule has 0 unspecified atom stereocenters. The summed E-state index contributed by atoms with van der Waals surface area (Å²) in [5.41, 5.74) is 0. The quantitative estimate of drug-likeness (QED) is 0.318. The number of carbonyl (C=O) groups is 2. The first-order valence-corrected chi connectivity index (χ1v) is 5.18. The summed E-state index contributed by atoms with van der Waals surface area (Å²) < 4.78 is 5.12. The van der Waals surface area contributed by atoms with E-state index in [2.05, 4.69) is 17.2 Å². The molecule has 2 amide bonds. The fourth-order valence-electron chi connectivity index (χ4n) is 0.900. The van der Waals surface area contributed by atoms with Gasteiger partial charge in [-0.05, 0) is 6.42 Å². The zero-order valence-corrected chi connectivity index (χ0v) is 9.52. The molecule has 98 valence electrons. The molecule has 0 saturated heterocycles. The van der Waals surface area contributed by atoms with Crippen LogP contribution in [0.3, 0.4) is 0 Å². The summed E-state index contributed by atoms with van der Waals surface area (Å²) in [7, 11) is 0. The number of amides is 2. The minimum atomic E-state index is -1.29. The number of carbonyl (C=O) groups excluding carboxylic acids is 1. The number of hydrogen-bond donors (Lipinski definition) is 4. The number of aliphatic hydroxyl groups is 1. The molecule has 1 atom stereocenters. The summed E-state index contributed by atoms with van der Waals surface area (Å²) in [5, 5.41) is 21.7. The summed E-state index contributed by atoms with van der Waals surface area (Å²) in [6.45, 7) is 4.00. The number of carboxylic acids is 1. The van der Waals surface area contributed by atoms with E-state index in [9.17, 15) is 9.59 Å². The first kappa shape index (κ1) is 15.4. The molecule has 0 aliphatic carbocycles. The molecule has 4 N–H and O–H groups in total. The molecule has 7 heteroatoms. The van der Waals surface area contributed by atoms with E-state index in [-0.39, 0.29) is 6.54 Å². The van der Waals surface area contributed by atoms with E-state index in [1.165, 1.54) is 0 Å². The first-order chi connectivity index (χ1) is 8.11. The van der Waals surface area contributed by atoms with Crippen LogP contribution in [0.4, 0.5) is 4.79 Å². The van der Waals surface area contributed by atoms with Gasteiger partial charge in [0.25, 0.3) is 0 Å². The second-order valence-corrected chi connectivity index (χ2v) is 3.16. The number of ether oxygens (including phenoxy) is 1. The fourth-order valence-corrected chi connectivity index (χ4v) is 0.900. The highest BCUT2D eigenvalue weighted by Gasteiger charge is 2.17. The molecule has 0 fully saturated rings. The van der Waals surface area contributed by atoms with Crippen LogP contribution in [0, 0.1) is 0 Å². The van der Waals surface area contributed by atoms with E-state index in [1.54, 1.807) is 6.08 Å². The summed E-state index contributed by atoms with van der Waals surface area (Å²) in [4.78, 5) is 21.6. The molecule has 0 rings (SSSR count). The van der Waals surface area contributed by atoms with Gasteiger partial charge in [0.1, 0.15) is 0 Å². The monoisotopic (exact) mass is 246 g/mol. The van der Waals surface area contributed by atoms with E-state index in [0.717, 1.165) is 6.42 Å². The Morgan fingerprint density at radius 2 is 2.12 bits per heavy atom. The maximum absolute atomic E-state index is 11.1. The number of aliphatic carboxylic acids is 1. The molecular formula is C10H18N2O5. The van der Waals surface area contributed by atoms with Crippen LogP contribution >= 0.6 is 0 Å². The molecular weight excluding hydrogens is 228 g/mol. The molecule has 0 aromatic rings. The van der Waals surface area contributed by atoms with Crippen molar-refractivity contribution in [3.8, 4) is 0 Å². The molecule has 0 aliphatic heterocycles. The van der Waals surface area contributed by atoms with Crippen LogP contribution in [0.1, 0.15) is 6.42 Å². The van der Waals surface area contributed by atoms with E-state index in [4.69, 9.17) is 14.9 Å². The van der Waals surface area contributed by atoms with Crippen molar-refractivity contribution in [1.82, 2.24) is 10.6 Å². The van der Waals surface area contributed by atoms with Crippen LogP contribution < -0.4 is 10.6 Å². The van der Waals surface area contributed by atoms with E-state index < -0.39 is 24.6 Å². The highest BCUT2D eigenvalue weighted by atomic mass is 16.5. The Hall–Kier alpha value is -1.60. The van der Waals surface area contributed by atoms with Crippen LogP contribution in [-0.2, 0) is 9.53 Å². The Morgan fingerprint density at radius 1 is 1.41 bits per heavy atom. The standard InChI is InChI=1S/C10H18N2O5/c1-2-3-5-17-6-4-11-10(16)12-8(7-13)9(14)15/h2,8,13H,1,3-7H2,(H,14,15)(H2,11,12,16)/t8-/m0/s1. The van der Waals surface area contributed by atoms with E-state index in [0.29, 0.717) is 13.2 Å². The van der Waals surface area contributed by atoms with Crippen molar-refractivity contribution in [3.63, 3.8) is 0 Å². The third-order valence-corrected chi connectivity index (χ3v) is 1.78. The van der Waals surface area contributed by atoms with Crippen LogP contribution in [-0.4, -0.2) is 54.6 Å². The molecule has 0 radical (unpaired) electrons. The van der Waals surface area contributed by atoms with Gasteiger partial charge < -0.3 is 25.6 Å². The van der Waals surface area contributed by atoms with E-state index in [1.807, 2.05) is 0 Å². The number of hydrogen-bond acceptors (Lipinski definition) is 4. The maximum atomic E-state index is 11.1. The molecule has 7 nitrogen and oxygen atoms in total. The van der Waals surface area contributed by atoms with Crippen LogP contribution in [0.5, 0.6) is 0 Å². The van der Waals surface area contributed by atoms with Crippen molar-refractivity contribution in [2.24, 2.45) is 0 Å². The topological polar surface area (TPSA) is 108 Å². The van der Waals surface area contributed by atoms with Crippen molar-refractivity contribution >= 4 is 12.0 Å². The van der Waals surface area contributed by atoms with Gasteiger partial charge in [0, 0.05) is 6.54 Å². The lowest BCUT2D eigenvalue weighted by atomic mass is 10.3. The summed E-state index contributed by atoms with van der Waals surface area (Å²) >= 11 is 0. The van der Waals surface area contributed by atoms with Crippen molar-refractivity contribution in [1.29, 1.82) is 0 Å². The molecule has 0 bridgehead atoms. The van der Waals surface area contributed by atoms with Crippen LogP contribution in [0.15, 0.2) is 12.7 Å². The SMILES string of the molecule is C=CCCOCCNC(=O)N[C@@H](CO)C(=O)O. The maximum Gasteiger partial charge on any atom is 0.328 e. The predicted octanol–water partition coefficient (Wildman–Crippen LogP) is -0.676. The molecule has 0 aromatic carbocycles. The Balaban J connectivity index is 3.58. The smallest absolute Gasteiger partial charge is 0.328 e. The number of aliphatic hydroxyl groups excluding tert-OH is 1. The number of carboxylic acid groups (broad SMARTS) is 1. The van der Waals surface area contributed by atoms with Gasteiger partial charge in [0.2, 0.25) is 0 Å². The average molecular weight is 246 g/mol. The second kappa shape index (κ2) is 9.61. The zero-order valence-electron chi connectivity index (χ0n) is 9.52. The van der Waals surface area contributed by atoms with Gasteiger partial charge >= 0.3 is 12.0 Å². The molecule has 0 spiro atoms. The zero-order chi connectivity index (χ0) is 13.1. The lowest BCUT2D eigenvalue weighted by Crippen LogP contribution is -2.48. The van der Waals surface area contributed by atoms with Gasteiger partial charge in [-0.25, -0.2) is 9.59 Å². The van der Waals surface area contributed by atoms with Crippen molar-refractivity contribution in [2.45, 2.75) is 12.5 Å². The highest BCUT2D eigenvalue weighted by Crippen LogP contribution is 1.83. The molecule has 17 heavy (non-hydrogen) atoms. The molecule has 0 aromatic heterocycles. The van der Waals surface area contributed by atoms with Crippen LogP contribution in [0.2, 0.25) is 0 Å². The Bertz CT molecular complexity index is 257. The van der Waals surface area contributed by atoms with Gasteiger partial charge in [-0.3, -0.25) is 0 Å². The number of urea groups is 1. The second-order valence-electron chi connectivity index (χ2n) is 3.16. The number of rotatable bonds is 9. The lowest BCUT2D eigenvalue weighted by molar-refractivity contribution is -0.140. The molecule has 0 heterocycles. The Kier molecular flexibility index (Phi) is 8.71. The lowest BCUT2D eigenvalue weighted by Gasteiger charge is -2.12. The summed E-state index contributed by atoms with van der Waals surface area (Å²) in [5.74, 6) is -1.29. The summed E-state index contributed by atoms with van der Waals surface area (Å²) in [6, 6.07) is -1.95. The average Bonchev–Trinajstić information content (AvgIpc) is 2.30. The predicted molar refractivity (Wildman–Crippen MR) is 60.7 cm³/mol. The van der Waals surface area contributed by atoms with Gasteiger partial charge in [-0.1, -0.05) is 6.08 Å². The van der Waals surface area contributed by atoms with Gasteiger partial charge in [-0.2, -0.15) is 0 Å². The van der Waals surface area contributed by atoms with Crippen molar-refractivity contribution < 1.29 is 24.5 Å². The molecule has 0 aliphatic rings. The minimum Gasteiger partial charge on any atom is -0.480 e. The Morgan fingerprint density at radius 3 is 2.65 bits per heavy atom. The largest absolute Gasteiger partial charge is 0.480 e. The normalized spacial score (nSPS) is 11.6. The van der Waals surface area contributed by atoms with E-state index >= 15 is 0 Å². The van der Waals surface area contributed by atoms with Gasteiger partial charge in [-0.15, -0.1) is 6.58 Å². The summed E-state index contributed by atoms with van der Waals surface area (Å²) in [6.07, 6.45) is 2.45. The number of nitrogens with one attached hydrogen (secondary N) is 2. The van der Waals surface area contributed by atoms with Crippen molar-refractivity contribution in [3.05, 3.63) is 12.7 Å². The van der Waals surface area contributed by atoms with Gasteiger partial charge in [0.15, 0.2) is 6.04 Å². The first-order valence-electron chi connectivity index (χ1n) is 5.18. The Labute approximate surface area is 99.5 Å². The van der Waals surface area contributed by atoms with Gasteiger partial charge in [0.05, 0.1) is 19.8 Å². The molecule has 0 saturated carbocycles.